The van der Waals surface area contributed by atoms with Crippen LogP contribution in [0.25, 0.3) is 45.0 Å². The highest BCUT2D eigenvalue weighted by Gasteiger charge is 2.11. The van der Waals surface area contributed by atoms with Crippen molar-refractivity contribution in [3.63, 3.8) is 0 Å². The highest BCUT2D eigenvalue weighted by atomic mass is 16.5. The van der Waals surface area contributed by atoms with Gasteiger partial charge in [-0.2, -0.15) is 0 Å². The van der Waals surface area contributed by atoms with E-state index < -0.39 is 0 Å². The number of hydrogen-bond acceptors (Lipinski definition) is 6. The molecule has 0 N–H and O–H groups in total. The van der Waals surface area contributed by atoms with Crippen LogP contribution in [0.15, 0.2) is 184 Å². The van der Waals surface area contributed by atoms with E-state index >= 15 is 0 Å². The third kappa shape index (κ3) is 6.47. The summed E-state index contributed by atoms with van der Waals surface area (Å²) in [6.45, 7) is 0. The number of hydrogen-bond donors (Lipinski definition) is 0. The molecule has 0 radical (unpaired) electrons. The van der Waals surface area contributed by atoms with Gasteiger partial charge in [-0.3, -0.25) is 0 Å². The van der Waals surface area contributed by atoms with E-state index in [1.165, 1.54) is 0 Å². The average Bonchev–Trinajstić information content (AvgIpc) is 4.04. The first-order valence-electron chi connectivity index (χ1n) is 16.6. The van der Waals surface area contributed by atoms with Crippen molar-refractivity contribution in [2.75, 3.05) is 0 Å². The summed E-state index contributed by atoms with van der Waals surface area (Å²) in [5.41, 5.74) is 7.90. The van der Waals surface area contributed by atoms with Crippen LogP contribution in [-0.2, 0) is 0 Å². The van der Waals surface area contributed by atoms with Crippen LogP contribution in [-0.4, -0.2) is 38.2 Å². The molecular formula is C42H30N8O2. The fraction of sp³-hybridized carbons (Fsp3) is 0. The van der Waals surface area contributed by atoms with Gasteiger partial charge in [0.2, 0.25) is 0 Å². The van der Waals surface area contributed by atoms with Crippen molar-refractivity contribution in [1.29, 1.82) is 0 Å². The van der Waals surface area contributed by atoms with Crippen molar-refractivity contribution in [1.82, 2.24) is 38.2 Å². The van der Waals surface area contributed by atoms with Crippen LogP contribution in [0.5, 0.6) is 23.0 Å². The third-order valence-corrected chi connectivity index (χ3v) is 8.65. The maximum absolute atomic E-state index is 6.46. The van der Waals surface area contributed by atoms with Crippen LogP contribution in [0, 0.1) is 0 Å². The number of imidazole rings is 4. The standard InChI is InChI=1S/C42H30N8O2/c1-3-35(47-15-11-43-27-47)23-39(5-1)51-41-21-33(19-37(25-41)49-17-13-45-29-49)31-7-9-32(10-8-31)34-20-38(50-18-14-46-30-50)26-42(22-34)52-40-6-2-4-36(24-40)48-16-12-44-28-48/h1-30H. The summed E-state index contributed by atoms with van der Waals surface area (Å²) in [6.07, 6.45) is 21.8. The van der Waals surface area contributed by atoms with Gasteiger partial charge < -0.3 is 27.7 Å². The van der Waals surface area contributed by atoms with Crippen LogP contribution in [0.4, 0.5) is 0 Å². The lowest BCUT2D eigenvalue weighted by atomic mass is 9.99. The Labute approximate surface area is 299 Å². The molecule has 0 saturated heterocycles. The fourth-order valence-electron chi connectivity index (χ4n) is 6.11. The molecule has 0 aliphatic carbocycles. The van der Waals surface area contributed by atoms with E-state index in [4.69, 9.17) is 9.47 Å². The largest absolute Gasteiger partial charge is 0.457 e. The zero-order valence-corrected chi connectivity index (χ0v) is 27.7. The molecule has 9 rings (SSSR count). The van der Waals surface area contributed by atoms with Crippen molar-refractivity contribution in [2.45, 2.75) is 0 Å². The van der Waals surface area contributed by atoms with Crippen LogP contribution in [0.1, 0.15) is 0 Å². The van der Waals surface area contributed by atoms with Gasteiger partial charge in [0.25, 0.3) is 0 Å². The molecule has 4 heterocycles. The highest BCUT2D eigenvalue weighted by Crippen LogP contribution is 2.35. The zero-order valence-electron chi connectivity index (χ0n) is 27.7. The topological polar surface area (TPSA) is 89.7 Å². The Balaban J connectivity index is 1.04. The molecule has 9 aromatic rings. The van der Waals surface area contributed by atoms with Gasteiger partial charge in [0, 0.05) is 73.8 Å². The molecular weight excluding hydrogens is 649 g/mol. The van der Waals surface area contributed by atoms with E-state index in [-0.39, 0.29) is 0 Å². The molecule has 52 heavy (non-hydrogen) atoms. The van der Waals surface area contributed by atoms with Gasteiger partial charge in [-0.05, 0) is 70.8 Å². The Morgan fingerprint density at radius 1 is 0.327 bits per heavy atom. The van der Waals surface area contributed by atoms with E-state index in [0.717, 1.165) is 56.5 Å². The molecule has 0 unspecified atom stereocenters. The number of benzene rings is 5. The summed E-state index contributed by atoms with van der Waals surface area (Å²) in [5, 5.41) is 0. The maximum Gasteiger partial charge on any atom is 0.130 e. The predicted octanol–water partition coefficient (Wildman–Crippen LogP) is 9.35. The first-order valence-corrected chi connectivity index (χ1v) is 16.6. The Morgan fingerprint density at radius 3 is 1.06 bits per heavy atom. The first-order chi connectivity index (χ1) is 25.7. The second-order valence-electron chi connectivity index (χ2n) is 12.1. The molecule has 0 bridgehead atoms. The lowest BCUT2D eigenvalue weighted by Gasteiger charge is -2.14. The van der Waals surface area contributed by atoms with Crippen LogP contribution < -0.4 is 9.47 Å². The molecule has 0 atom stereocenters. The van der Waals surface area contributed by atoms with Gasteiger partial charge in [-0.15, -0.1) is 0 Å². The van der Waals surface area contributed by atoms with Gasteiger partial charge in [-0.1, -0.05) is 36.4 Å². The molecule has 10 nitrogen and oxygen atoms in total. The summed E-state index contributed by atoms with van der Waals surface area (Å²) in [7, 11) is 0. The van der Waals surface area contributed by atoms with E-state index in [1.807, 2.05) is 104 Å². The van der Waals surface area contributed by atoms with Crippen LogP contribution >= 0.6 is 0 Å². The van der Waals surface area contributed by atoms with Crippen molar-refractivity contribution < 1.29 is 9.47 Å². The Bertz CT molecular complexity index is 2380. The SMILES string of the molecule is c1cc(Oc2cc(-c3ccc(-c4cc(Oc5cccc(-n6ccnc6)c5)cc(-n5ccnc5)c4)cc3)cc(-n3ccnc3)c2)cc(-n2ccnc2)c1. The molecule has 0 aliphatic heterocycles. The number of nitrogens with zero attached hydrogens (tertiary/aromatic N) is 8. The minimum atomic E-state index is 0.708. The van der Waals surface area contributed by atoms with Gasteiger partial charge in [0.1, 0.15) is 23.0 Å². The minimum absolute atomic E-state index is 0.708. The van der Waals surface area contributed by atoms with Crippen LogP contribution in [0.3, 0.4) is 0 Å². The molecule has 0 saturated carbocycles. The fourth-order valence-corrected chi connectivity index (χ4v) is 6.11. The van der Waals surface area contributed by atoms with E-state index in [2.05, 4.69) is 68.5 Å². The Morgan fingerprint density at radius 2 is 0.692 bits per heavy atom. The van der Waals surface area contributed by atoms with E-state index in [9.17, 15) is 0 Å². The van der Waals surface area contributed by atoms with Crippen molar-refractivity contribution in [2.24, 2.45) is 0 Å². The third-order valence-electron chi connectivity index (χ3n) is 8.65. The first kappa shape index (κ1) is 30.6. The highest BCUT2D eigenvalue weighted by molar-refractivity contribution is 5.74. The summed E-state index contributed by atoms with van der Waals surface area (Å²) in [5.74, 6) is 2.86. The minimum Gasteiger partial charge on any atom is -0.457 e. The zero-order chi connectivity index (χ0) is 34.7. The smallest absolute Gasteiger partial charge is 0.130 e. The monoisotopic (exact) mass is 678 g/mol. The quantitative estimate of drug-likeness (QED) is 0.143. The van der Waals surface area contributed by atoms with E-state index in [0.29, 0.717) is 11.5 Å². The number of rotatable bonds is 10. The molecule has 5 aromatic carbocycles. The summed E-state index contributed by atoms with van der Waals surface area (Å²) >= 11 is 0. The molecule has 0 fully saturated rings. The van der Waals surface area contributed by atoms with Gasteiger partial charge in [-0.25, -0.2) is 19.9 Å². The van der Waals surface area contributed by atoms with Crippen molar-refractivity contribution >= 4 is 0 Å². The summed E-state index contributed by atoms with van der Waals surface area (Å²) in [4.78, 5) is 16.9. The maximum atomic E-state index is 6.46. The number of ether oxygens (including phenoxy) is 2. The predicted molar refractivity (Wildman–Crippen MR) is 199 cm³/mol. The van der Waals surface area contributed by atoms with E-state index in [1.54, 1.807) is 50.1 Å². The Hall–Kier alpha value is -7.46. The lowest BCUT2D eigenvalue weighted by Crippen LogP contribution is -1.95. The molecule has 0 spiro atoms. The normalized spacial score (nSPS) is 11.1. The molecule has 250 valence electrons. The summed E-state index contributed by atoms with van der Waals surface area (Å²) in [6, 6.07) is 36.8. The molecule has 0 aliphatic rings. The average molecular weight is 679 g/mol. The van der Waals surface area contributed by atoms with Crippen molar-refractivity contribution in [3.8, 4) is 68.0 Å². The second-order valence-corrected chi connectivity index (χ2v) is 12.1. The van der Waals surface area contributed by atoms with Gasteiger partial charge in [0.15, 0.2) is 0 Å². The summed E-state index contributed by atoms with van der Waals surface area (Å²) < 4.78 is 20.8. The lowest BCUT2D eigenvalue weighted by molar-refractivity contribution is 0.482. The Kier molecular flexibility index (Phi) is 7.91. The van der Waals surface area contributed by atoms with Crippen LogP contribution in [0.2, 0.25) is 0 Å². The molecule has 4 aromatic heterocycles. The second kappa shape index (κ2) is 13.4. The molecule has 0 amide bonds. The van der Waals surface area contributed by atoms with Crippen molar-refractivity contribution in [3.05, 3.63) is 184 Å². The molecule has 10 heteroatoms. The van der Waals surface area contributed by atoms with Gasteiger partial charge >= 0.3 is 0 Å². The van der Waals surface area contributed by atoms with Gasteiger partial charge in [0.05, 0.1) is 48.1 Å². The number of aromatic nitrogens is 8.